The molecule has 0 aliphatic rings. The van der Waals surface area contributed by atoms with Crippen molar-refractivity contribution < 1.29 is 14.7 Å². The second kappa shape index (κ2) is 6.26. The molecule has 6 nitrogen and oxygen atoms in total. The molecule has 2 N–H and O–H groups in total. The van der Waals surface area contributed by atoms with Crippen molar-refractivity contribution >= 4 is 11.9 Å². The minimum absolute atomic E-state index is 0.0221. The second-order valence-electron chi connectivity index (χ2n) is 5.59. The maximum Gasteiger partial charge on any atom is 0.326 e. The predicted octanol–water partition coefficient (Wildman–Crippen LogP) is 1.49. The monoisotopic (exact) mass is 265 g/mol. The number of hydrogen-bond donors (Lipinski definition) is 2. The van der Waals surface area contributed by atoms with E-state index in [2.05, 4.69) is 15.3 Å². The molecule has 0 saturated heterocycles. The highest BCUT2D eigenvalue weighted by Gasteiger charge is 2.23. The summed E-state index contributed by atoms with van der Waals surface area (Å²) in [5.74, 6) is -1.50. The van der Waals surface area contributed by atoms with Crippen molar-refractivity contribution in [2.75, 3.05) is 0 Å². The van der Waals surface area contributed by atoms with E-state index >= 15 is 0 Å². The quantitative estimate of drug-likeness (QED) is 0.841. The van der Waals surface area contributed by atoms with Gasteiger partial charge in [0.15, 0.2) is 0 Å². The summed E-state index contributed by atoms with van der Waals surface area (Å²) in [6.45, 7) is 6.08. The van der Waals surface area contributed by atoms with E-state index in [1.165, 1.54) is 18.7 Å². The first-order valence-corrected chi connectivity index (χ1v) is 6.08. The number of nitrogens with zero attached hydrogens (tertiary/aromatic N) is 2. The average Bonchev–Trinajstić information content (AvgIpc) is 2.33. The Kier molecular flexibility index (Phi) is 4.97. The zero-order valence-electron chi connectivity index (χ0n) is 11.4. The van der Waals surface area contributed by atoms with Gasteiger partial charge in [-0.05, 0) is 18.3 Å². The van der Waals surface area contributed by atoms with Crippen LogP contribution in [-0.2, 0) is 4.79 Å². The number of carboxylic acids is 1. The van der Waals surface area contributed by atoms with E-state index in [9.17, 15) is 9.59 Å². The molecule has 1 aromatic rings. The van der Waals surface area contributed by atoms with Gasteiger partial charge in [0.2, 0.25) is 0 Å². The first-order valence-electron chi connectivity index (χ1n) is 6.08. The number of carbonyl (C=O) groups is 2. The molecule has 0 aromatic carbocycles. The third-order valence-corrected chi connectivity index (χ3v) is 2.61. The summed E-state index contributed by atoms with van der Waals surface area (Å²) >= 11 is 0. The fourth-order valence-electron chi connectivity index (χ4n) is 1.49. The standard InChI is InChI=1S/C13H19N3O3/c1-13(2,3)5-4-10(12(18)19)16-11(17)9-6-14-8-15-7-9/h6-8,10H,4-5H2,1-3H3,(H,16,17)(H,18,19). The van der Waals surface area contributed by atoms with Crippen LogP contribution in [0.15, 0.2) is 18.7 Å². The molecular weight excluding hydrogens is 246 g/mol. The van der Waals surface area contributed by atoms with E-state index in [1.54, 1.807) is 0 Å². The highest BCUT2D eigenvalue weighted by atomic mass is 16.4. The molecule has 1 rings (SSSR count). The van der Waals surface area contributed by atoms with Crippen LogP contribution in [0.1, 0.15) is 44.0 Å². The van der Waals surface area contributed by atoms with E-state index in [0.717, 1.165) is 0 Å². The van der Waals surface area contributed by atoms with Gasteiger partial charge >= 0.3 is 5.97 Å². The molecule has 0 radical (unpaired) electrons. The molecule has 1 heterocycles. The molecule has 0 fully saturated rings. The Labute approximate surface area is 112 Å². The fourth-order valence-corrected chi connectivity index (χ4v) is 1.49. The number of aromatic nitrogens is 2. The topological polar surface area (TPSA) is 92.2 Å². The number of amides is 1. The Bertz CT molecular complexity index is 440. The molecule has 0 spiro atoms. The molecule has 0 saturated carbocycles. The van der Waals surface area contributed by atoms with Gasteiger partial charge in [-0.3, -0.25) is 4.79 Å². The van der Waals surface area contributed by atoms with Crippen LogP contribution in [0.25, 0.3) is 0 Å². The molecule has 0 bridgehead atoms. The van der Waals surface area contributed by atoms with E-state index < -0.39 is 17.9 Å². The SMILES string of the molecule is CC(C)(C)CCC(NC(=O)c1cncnc1)C(=O)O. The third kappa shape index (κ3) is 5.46. The van der Waals surface area contributed by atoms with Crippen molar-refractivity contribution in [1.82, 2.24) is 15.3 Å². The van der Waals surface area contributed by atoms with Crippen LogP contribution in [-0.4, -0.2) is 33.0 Å². The molecule has 0 aliphatic carbocycles. The van der Waals surface area contributed by atoms with Gasteiger partial charge < -0.3 is 10.4 Å². The van der Waals surface area contributed by atoms with Gasteiger partial charge in [0, 0.05) is 12.4 Å². The van der Waals surface area contributed by atoms with Gasteiger partial charge in [-0.25, -0.2) is 14.8 Å². The van der Waals surface area contributed by atoms with E-state index in [-0.39, 0.29) is 11.0 Å². The Morgan fingerprint density at radius 1 is 1.32 bits per heavy atom. The molecule has 6 heteroatoms. The van der Waals surface area contributed by atoms with Crippen molar-refractivity contribution in [2.45, 2.75) is 39.7 Å². The van der Waals surface area contributed by atoms with Gasteiger partial charge in [0.05, 0.1) is 5.56 Å². The van der Waals surface area contributed by atoms with E-state index in [1.807, 2.05) is 20.8 Å². The van der Waals surface area contributed by atoms with Crippen molar-refractivity contribution in [3.05, 3.63) is 24.3 Å². The summed E-state index contributed by atoms with van der Waals surface area (Å²) in [4.78, 5) is 30.4. The highest BCUT2D eigenvalue weighted by molar-refractivity contribution is 5.96. The minimum atomic E-state index is -1.03. The zero-order chi connectivity index (χ0) is 14.5. The summed E-state index contributed by atoms with van der Waals surface area (Å²) < 4.78 is 0. The van der Waals surface area contributed by atoms with Crippen molar-refractivity contribution in [3.63, 3.8) is 0 Å². The number of hydrogen-bond acceptors (Lipinski definition) is 4. The van der Waals surface area contributed by atoms with Gasteiger partial charge in [0.25, 0.3) is 5.91 Å². The molecular formula is C13H19N3O3. The number of nitrogens with one attached hydrogen (secondary N) is 1. The molecule has 1 atom stereocenters. The van der Waals surface area contributed by atoms with Crippen LogP contribution in [0.5, 0.6) is 0 Å². The van der Waals surface area contributed by atoms with Crippen molar-refractivity contribution in [3.8, 4) is 0 Å². The highest BCUT2D eigenvalue weighted by Crippen LogP contribution is 2.21. The van der Waals surface area contributed by atoms with E-state index in [0.29, 0.717) is 12.8 Å². The summed E-state index contributed by atoms with van der Waals surface area (Å²) in [7, 11) is 0. The lowest BCUT2D eigenvalue weighted by Gasteiger charge is -2.21. The number of rotatable bonds is 5. The summed E-state index contributed by atoms with van der Waals surface area (Å²) in [5, 5.41) is 11.6. The minimum Gasteiger partial charge on any atom is -0.480 e. The molecule has 104 valence electrons. The molecule has 1 unspecified atom stereocenters. The van der Waals surface area contributed by atoms with Gasteiger partial charge in [-0.2, -0.15) is 0 Å². The first-order chi connectivity index (χ1) is 8.79. The third-order valence-electron chi connectivity index (χ3n) is 2.61. The molecule has 0 aliphatic heterocycles. The molecule has 1 amide bonds. The number of aliphatic carboxylic acids is 1. The predicted molar refractivity (Wildman–Crippen MR) is 69.6 cm³/mol. The van der Waals surface area contributed by atoms with Crippen LogP contribution in [0, 0.1) is 5.41 Å². The van der Waals surface area contributed by atoms with Crippen molar-refractivity contribution in [1.29, 1.82) is 0 Å². The van der Waals surface area contributed by atoms with Crippen LogP contribution in [0.3, 0.4) is 0 Å². The molecule has 1 aromatic heterocycles. The lowest BCUT2D eigenvalue weighted by atomic mass is 9.88. The van der Waals surface area contributed by atoms with Crippen LogP contribution >= 0.6 is 0 Å². The number of carbonyl (C=O) groups excluding carboxylic acids is 1. The normalized spacial score (nSPS) is 12.8. The maximum atomic E-state index is 11.8. The average molecular weight is 265 g/mol. The fraction of sp³-hybridized carbons (Fsp3) is 0.538. The maximum absolute atomic E-state index is 11.8. The Hall–Kier alpha value is -1.98. The number of carboxylic acid groups (broad SMARTS) is 1. The Balaban J connectivity index is 2.64. The van der Waals surface area contributed by atoms with E-state index in [4.69, 9.17) is 5.11 Å². The lowest BCUT2D eigenvalue weighted by Crippen LogP contribution is -2.41. The largest absolute Gasteiger partial charge is 0.480 e. The van der Waals surface area contributed by atoms with Gasteiger partial charge in [0.1, 0.15) is 12.4 Å². The smallest absolute Gasteiger partial charge is 0.326 e. The lowest BCUT2D eigenvalue weighted by molar-refractivity contribution is -0.139. The van der Waals surface area contributed by atoms with Crippen molar-refractivity contribution in [2.24, 2.45) is 5.41 Å². The molecule has 19 heavy (non-hydrogen) atoms. The summed E-state index contributed by atoms with van der Waals surface area (Å²) in [6, 6.07) is -0.896. The van der Waals surface area contributed by atoms with Crippen LogP contribution in [0.4, 0.5) is 0 Å². The zero-order valence-corrected chi connectivity index (χ0v) is 11.4. The second-order valence-corrected chi connectivity index (χ2v) is 5.59. The summed E-state index contributed by atoms with van der Waals surface area (Å²) in [5.41, 5.74) is 0.276. The van der Waals surface area contributed by atoms with Crippen LogP contribution < -0.4 is 5.32 Å². The Morgan fingerprint density at radius 2 is 1.89 bits per heavy atom. The van der Waals surface area contributed by atoms with Gasteiger partial charge in [-0.1, -0.05) is 20.8 Å². The van der Waals surface area contributed by atoms with Gasteiger partial charge in [-0.15, -0.1) is 0 Å². The first kappa shape index (κ1) is 15.1. The Morgan fingerprint density at radius 3 is 2.37 bits per heavy atom. The summed E-state index contributed by atoms with van der Waals surface area (Å²) in [6.07, 6.45) is 5.11. The van der Waals surface area contributed by atoms with Crippen LogP contribution in [0.2, 0.25) is 0 Å².